The summed E-state index contributed by atoms with van der Waals surface area (Å²) in [6.45, 7) is 3.27. The molecule has 0 aromatic heterocycles. The molecule has 0 spiro atoms. The van der Waals surface area contributed by atoms with Crippen LogP contribution in [0.2, 0.25) is 0 Å². The van der Waals surface area contributed by atoms with E-state index in [4.69, 9.17) is 18.5 Å². The van der Waals surface area contributed by atoms with Gasteiger partial charge in [-0.25, -0.2) is 4.57 Å². The number of allylic oxidation sites excluding steroid dienone is 2. The van der Waals surface area contributed by atoms with Gasteiger partial charge in [0.25, 0.3) is 0 Å². The number of hydrogen-bond donors (Lipinski definition) is 6. The van der Waals surface area contributed by atoms with E-state index >= 15 is 0 Å². The fraction of sp³-hybridized carbons (Fsp3) is 0.911. The van der Waals surface area contributed by atoms with Gasteiger partial charge in [-0.3, -0.25) is 18.6 Å². The summed E-state index contributed by atoms with van der Waals surface area (Å²) in [5.74, 6) is -1.09. The van der Waals surface area contributed by atoms with E-state index in [1.165, 1.54) is 122 Å². The Morgan fingerprint density at radius 2 is 0.864 bits per heavy atom. The molecule has 6 unspecified atom stereocenters. The molecule has 13 nitrogen and oxygen atoms in total. The van der Waals surface area contributed by atoms with E-state index in [-0.39, 0.29) is 12.8 Å². The molecule has 0 bridgehead atoms. The third-order valence-corrected chi connectivity index (χ3v) is 12.1. The van der Waals surface area contributed by atoms with E-state index in [2.05, 4.69) is 26.0 Å². The van der Waals surface area contributed by atoms with Crippen LogP contribution in [0.4, 0.5) is 0 Å². The van der Waals surface area contributed by atoms with Crippen molar-refractivity contribution in [1.29, 1.82) is 0 Å². The molecule has 14 heteroatoms. The van der Waals surface area contributed by atoms with Gasteiger partial charge in [0.1, 0.15) is 43.2 Å². The molecule has 6 N–H and O–H groups in total. The fourth-order valence-electron chi connectivity index (χ4n) is 7.28. The van der Waals surface area contributed by atoms with Gasteiger partial charge in [-0.05, 0) is 38.5 Å². The zero-order chi connectivity index (χ0) is 43.6. The van der Waals surface area contributed by atoms with E-state index < -0.39 is 75.7 Å². The second-order valence-corrected chi connectivity index (χ2v) is 18.0. The molecular weight excluding hydrogens is 779 g/mol. The van der Waals surface area contributed by atoms with Gasteiger partial charge in [0, 0.05) is 12.8 Å². The summed E-state index contributed by atoms with van der Waals surface area (Å²) < 4.78 is 33.4. The predicted octanol–water partition coefficient (Wildman–Crippen LogP) is 9.06. The fourth-order valence-corrected chi connectivity index (χ4v) is 8.26. The number of phosphoric ester groups is 1. The Balaban J connectivity index is 2.35. The molecule has 0 amide bonds. The van der Waals surface area contributed by atoms with Crippen LogP contribution in [0.1, 0.15) is 206 Å². The molecule has 1 aliphatic carbocycles. The molecule has 0 aromatic rings. The summed E-state index contributed by atoms with van der Waals surface area (Å²) in [6, 6.07) is 0. The van der Waals surface area contributed by atoms with Gasteiger partial charge >= 0.3 is 19.8 Å². The topological polar surface area (TPSA) is 210 Å². The number of carbonyl (C=O) groups excluding carboxylic acids is 2. The average Bonchev–Trinajstić information content (AvgIpc) is 3.21. The van der Waals surface area contributed by atoms with Crippen molar-refractivity contribution in [2.45, 2.75) is 249 Å². The SMILES string of the molecule is CCCCCCCC/C=C/CCCCCCCCCCCCCC(=O)OC[C@@H](COP(=O)(O)OC1C(O)C(O)C(O)[C@H](O)C1O)OC(=O)CCCCCCCCCCC. The summed E-state index contributed by atoms with van der Waals surface area (Å²) in [5, 5.41) is 50.0. The van der Waals surface area contributed by atoms with Crippen molar-refractivity contribution in [3.05, 3.63) is 12.2 Å². The summed E-state index contributed by atoms with van der Waals surface area (Å²) in [6.07, 6.45) is 24.3. The van der Waals surface area contributed by atoms with Crippen LogP contribution in [0.25, 0.3) is 0 Å². The maximum atomic E-state index is 12.8. The van der Waals surface area contributed by atoms with E-state index in [0.717, 1.165) is 44.9 Å². The lowest BCUT2D eigenvalue weighted by Crippen LogP contribution is -2.64. The lowest BCUT2D eigenvalue weighted by Gasteiger charge is -2.41. The molecule has 59 heavy (non-hydrogen) atoms. The molecule has 1 rings (SSSR count). The molecule has 8 atom stereocenters. The zero-order valence-electron chi connectivity index (χ0n) is 36.8. The van der Waals surface area contributed by atoms with Crippen LogP contribution in [0.15, 0.2) is 12.2 Å². The number of aliphatic hydroxyl groups is 5. The van der Waals surface area contributed by atoms with Gasteiger partial charge in [0.05, 0.1) is 6.61 Å². The first kappa shape index (κ1) is 55.6. The first-order valence-electron chi connectivity index (χ1n) is 23.5. The third-order valence-electron chi connectivity index (χ3n) is 11.1. The first-order chi connectivity index (χ1) is 28.4. The zero-order valence-corrected chi connectivity index (χ0v) is 37.7. The van der Waals surface area contributed by atoms with Crippen LogP contribution in [-0.2, 0) is 32.7 Å². The standard InChI is InChI=1S/C45H85O13P/c1-3-5-7-9-11-13-14-15-16-17-18-19-20-21-22-23-24-26-27-29-31-33-38(46)55-35-37(57-39(47)34-32-30-28-25-12-10-8-6-4-2)36-56-59(53,54)58-45-43(51)41(49)40(48)42(50)44(45)52/h15-16,37,40-45,48-52H,3-14,17-36H2,1-2H3,(H,53,54)/b16-15+/t37-,40?,41-,42?,43?,44?,45?/m0/s1. The van der Waals surface area contributed by atoms with Crippen LogP contribution < -0.4 is 0 Å². The highest BCUT2D eigenvalue weighted by Crippen LogP contribution is 2.47. The third kappa shape index (κ3) is 28.7. The quantitative estimate of drug-likeness (QED) is 0.0148. The van der Waals surface area contributed by atoms with Crippen molar-refractivity contribution in [2.75, 3.05) is 13.2 Å². The van der Waals surface area contributed by atoms with Crippen molar-refractivity contribution >= 4 is 19.8 Å². The number of hydrogen-bond acceptors (Lipinski definition) is 12. The Labute approximate surface area is 356 Å². The lowest BCUT2D eigenvalue weighted by atomic mass is 9.85. The van der Waals surface area contributed by atoms with Crippen LogP contribution in [0.3, 0.4) is 0 Å². The van der Waals surface area contributed by atoms with Crippen molar-refractivity contribution in [2.24, 2.45) is 0 Å². The van der Waals surface area contributed by atoms with Crippen molar-refractivity contribution in [1.82, 2.24) is 0 Å². The Hall–Kier alpha value is -1.41. The molecule has 0 heterocycles. The Kier molecular flexibility index (Phi) is 34.0. The minimum Gasteiger partial charge on any atom is -0.462 e. The maximum absolute atomic E-state index is 12.8. The largest absolute Gasteiger partial charge is 0.472 e. The van der Waals surface area contributed by atoms with E-state index in [0.29, 0.717) is 12.8 Å². The Morgan fingerprint density at radius 1 is 0.508 bits per heavy atom. The summed E-state index contributed by atoms with van der Waals surface area (Å²) in [7, 11) is -5.11. The van der Waals surface area contributed by atoms with Crippen LogP contribution in [0.5, 0.6) is 0 Å². The number of aliphatic hydroxyl groups excluding tert-OH is 5. The van der Waals surface area contributed by atoms with Crippen LogP contribution >= 0.6 is 7.82 Å². The normalized spacial score (nSPS) is 22.4. The lowest BCUT2D eigenvalue weighted by molar-refractivity contribution is -0.220. The number of phosphoric acid groups is 1. The second-order valence-electron chi connectivity index (χ2n) is 16.6. The number of esters is 2. The highest BCUT2D eigenvalue weighted by atomic mass is 31.2. The maximum Gasteiger partial charge on any atom is 0.472 e. The molecular formula is C45H85O13P. The Bertz CT molecular complexity index is 1090. The molecule has 0 aromatic carbocycles. The molecule has 348 valence electrons. The van der Waals surface area contributed by atoms with Gasteiger partial charge in [0.15, 0.2) is 6.10 Å². The molecule has 1 aliphatic rings. The summed E-state index contributed by atoms with van der Waals surface area (Å²) in [4.78, 5) is 35.6. The highest BCUT2D eigenvalue weighted by Gasteiger charge is 2.51. The Morgan fingerprint density at radius 3 is 1.29 bits per heavy atom. The number of unbranched alkanes of at least 4 members (excludes halogenated alkanes) is 25. The minimum atomic E-state index is -5.11. The highest BCUT2D eigenvalue weighted by molar-refractivity contribution is 7.47. The monoisotopic (exact) mass is 865 g/mol. The van der Waals surface area contributed by atoms with E-state index in [1.54, 1.807) is 0 Å². The summed E-state index contributed by atoms with van der Waals surface area (Å²) in [5.41, 5.74) is 0. The number of ether oxygens (including phenoxy) is 2. The van der Waals surface area contributed by atoms with Gasteiger partial charge in [-0.15, -0.1) is 0 Å². The predicted molar refractivity (Wildman–Crippen MR) is 231 cm³/mol. The van der Waals surface area contributed by atoms with E-state index in [9.17, 15) is 44.6 Å². The van der Waals surface area contributed by atoms with Gasteiger partial charge < -0.3 is 39.9 Å². The molecule has 1 saturated carbocycles. The van der Waals surface area contributed by atoms with Gasteiger partial charge in [-0.1, -0.05) is 167 Å². The minimum absolute atomic E-state index is 0.101. The van der Waals surface area contributed by atoms with Crippen molar-refractivity contribution in [3.8, 4) is 0 Å². The van der Waals surface area contributed by atoms with Crippen molar-refractivity contribution in [3.63, 3.8) is 0 Å². The molecule has 1 fully saturated rings. The molecule has 0 aliphatic heterocycles. The van der Waals surface area contributed by atoms with Crippen molar-refractivity contribution < 1.29 is 63.1 Å². The summed E-state index contributed by atoms with van der Waals surface area (Å²) >= 11 is 0. The molecule has 0 saturated heterocycles. The number of carbonyl (C=O) groups is 2. The smallest absolute Gasteiger partial charge is 0.462 e. The van der Waals surface area contributed by atoms with E-state index in [1.807, 2.05) is 0 Å². The second kappa shape index (κ2) is 36.1. The van der Waals surface area contributed by atoms with Crippen LogP contribution in [0, 0.1) is 0 Å². The first-order valence-corrected chi connectivity index (χ1v) is 25.0. The number of rotatable bonds is 39. The van der Waals surface area contributed by atoms with Crippen LogP contribution in [-0.4, -0.2) is 98.3 Å². The van der Waals surface area contributed by atoms with Gasteiger partial charge in [-0.2, -0.15) is 0 Å². The van der Waals surface area contributed by atoms with Gasteiger partial charge in [0.2, 0.25) is 0 Å². The molecule has 0 radical (unpaired) electrons. The average molecular weight is 865 g/mol.